The normalized spacial score (nSPS) is 11.2. The van der Waals surface area contributed by atoms with Crippen molar-refractivity contribution < 1.29 is 23.9 Å². The van der Waals surface area contributed by atoms with Gasteiger partial charge in [-0.3, -0.25) is 9.59 Å². The van der Waals surface area contributed by atoms with Gasteiger partial charge in [-0.2, -0.15) is 0 Å². The summed E-state index contributed by atoms with van der Waals surface area (Å²) in [6.07, 6.45) is 3.81. The van der Waals surface area contributed by atoms with Crippen LogP contribution in [0.4, 0.5) is 11.4 Å². The standard InChI is InChI=1S/C37H38N2O5/c1-3-4-20-35(40)39(30-16-9-6-10-17-30)25-13-26-44-31-23-21-28(22-24-31)27-34(37(42)43-2)38-33-19-12-11-18-32(33)36(41)29-14-7-5-8-15-29/h3,5-12,14-19,21-24,34,38H,1,4,13,20,25-27H2,2H3. The molecule has 0 bridgehead atoms. The summed E-state index contributed by atoms with van der Waals surface area (Å²) in [7, 11) is 1.35. The van der Waals surface area contributed by atoms with Crippen LogP contribution in [0.25, 0.3) is 0 Å². The summed E-state index contributed by atoms with van der Waals surface area (Å²) in [4.78, 5) is 40.5. The van der Waals surface area contributed by atoms with Crippen LogP contribution in [-0.4, -0.2) is 44.0 Å². The monoisotopic (exact) mass is 590 g/mol. The lowest BCUT2D eigenvalue weighted by Gasteiger charge is -2.23. The Morgan fingerprint density at radius 1 is 0.864 bits per heavy atom. The van der Waals surface area contributed by atoms with Gasteiger partial charge in [0.15, 0.2) is 5.78 Å². The number of nitrogens with zero attached hydrogens (tertiary/aromatic N) is 1. The molecule has 0 aliphatic heterocycles. The zero-order chi connectivity index (χ0) is 31.1. The van der Waals surface area contributed by atoms with Gasteiger partial charge < -0.3 is 19.7 Å². The molecule has 44 heavy (non-hydrogen) atoms. The Labute approximate surface area is 259 Å². The number of hydrogen-bond acceptors (Lipinski definition) is 6. The number of amides is 1. The lowest BCUT2D eigenvalue weighted by atomic mass is 10.00. The van der Waals surface area contributed by atoms with Gasteiger partial charge in [0.2, 0.25) is 5.91 Å². The van der Waals surface area contributed by atoms with Gasteiger partial charge in [0.05, 0.1) is 13.7 Å². The zero-order valence-electron chi connectivity index (χ0n) is 25.0. The molecule has 4 aromatic rings. The number of carbonyl (C=O) groups is 3. The van der Waals surface area contributed by atoms with Gasteiger partial charge in [0.25, 0.3) is 0 Å². The van der Waals surface area contributed by atoms with Crippen LogP contribution in [0.3, 0.4) is 0 Å². The van der Waals surface area contributed by atoms with E-state index >= 15 is 0 Å². The summed E-state index contributed by atoms with van der Waals surface area (Å²) in [6, 6.07) is 32.6. The molecule has 1 unspecified atom stereocenters. The van der Waals surface area contributed by atoms with Gasteiger partial charge in [-0.15, -0.1) is 6.58 Å². The van der Waals surface area contributed by atoms with E-state index in [0.717, 1.165) is 11.3 Å². The molecule has 1 amide bonds. The van der Waals surface area contributed by atoms with E-state index < -0.39 is 12.0 Å². The smallest absolute Gasteiger partial charge is 0.328 e. The maximum absolute atomic E-state index is 13.2. The Hall–Kier alpha value is -5.17. The van der Waals surface area contributed by atoms with Gasteiger partial charge in [0.1, 0.15) is 11.8 Å². The molecule has 0 aliphatic rings. The van der Waals surface area contributed by atoms with E-state index in [1.165, 1.54) is 7.11 Å². The summed E-state index contributed by atoms with van der Waals surface area (Å²) < 4.78 is 11.0. The predicted molar refractivity (Wildman–Crippen MR) is 174 cm³/mol. The Morgan fingerprint density at radius 2 is 1.52 bits per heavy atom. The third kappa shape index (κ3) is 8.91. The SMILES string of the molecule is C=CCCC(=O)N(CCCOc1ccc(CC(Nc2ccccc2C(=O)c2ccccc2)C(=O)OC)cc1)c1ccccc1. The van der Waals surface area contributed by atoms with E-state index in [4.69, 9.17) is 9.47 Å². The highest BCUT2D eigenvalue weighted by atomic mass is 16.5. The maximum Gasteiger partial charge on any atom is 0.328 e. The zero-order valence-corrected chi connectivity index (χ0v) is 25.0. The second-order valence-electron chi connectivity index (χ2n) is 10.2. The minimum atomic E-state index is -0.709. The molecule has 0 fully saturated rings. The second kappa shape index (κ2) is 16.5. The van der Waals surface area contributed by atoms with Crippen LogP contribution >= 0.6 is 0 Å². The van der Waals surface area contributed by atoms with Crippen molar-refractivity contribution in [1.82, 2.24) is 0 Å². The van der Waals surface area contributed by atoms with Crippen LogP contribution in [0.1, 0.15) is 40.7 Å². The van der Waals surface area contributed by atoms with Crippen molar-refractivity contribution in [3.63, 3.8) is 0 Å². The molecule has 7 nitrogen and oxygen atoms in total. The number of anilines is 2. The van der Waals surface area contributed by atoms with Gasteiger partial charge in [-0.05, 0) is 54.8 Å². The molecule has 0 saturated heterocycles. The largest absolute Gasteiger partial charge is 0.494 e. The molecular weight excluding hydrogens is 552 g/mol. The summed E-state index contributed by atoms with van der Waals surface area (Å²) in [6.45, 7) is 4.70. The van der Waals surface area contributed by atoms with Crippen LogP contribution in [0.2, 0.25) is 0 Å². The van der Waals surface area contributed by atoms with Gasteiger partial charge in [-0.1, -0.05) is 78.9 Å². The van der Waals surface area contributed by atoms with Gasteiger partial charge >= 0.3 is 5.97 Å². The highest BCUT2D eigenvalue weighted by Gasteiger charge is 2.23. The van der Waals surface area contributed by atoms with E-state index in [0.29, 0.717) is 61.4 Å². The van der Waals surface area contributed by atoms with E-state index in [1.807, 2.05) is 78.9 Å². The number of hydrogen-bond donors (Lipinski definition) is 1. The quantitative estimate of drug-likeness (QED) is 0.0663. The highest BCUT2D eigenvalue weighted by molar-refractivity contribution is 6.12. The first-order valence-corrected chi connectivity index (χ1v) is 14.7. The maximum atomic E-state index is 13.2. The number of nitrogens with one attached hydrogen (secondary N) is 1. The molecule has 1 atom stereocenters. The van der Waals surface area contributed by atoms with E-state index in [2.05, 4.69) is 11.9 Å². The first-order chi connectivity index (χ1) is 21.5. The molecule has 4 rings (SSSR count). The number of para-hydroxylation sites is 2. The molecule has 0 radical (unpaired) electrons. The van der Waals surface area contributed by atoms with Crippen molar-refractivity contribution in [3.05, 3.63) is 139 Å². The van der Waals surface area contributed by atoms with Crippen LogP contribution in [-0.2, 0) is 20.7 Å². The third-order valence-corrected chi connectivity index (χ3v) is 7.11. The van der Waals surface area contributed by atoms with E-state index in [-0.39, 0.29) is 11.7 Å². The van der Waals surface area contributed by atoms with Gasteiger partial charge in [-0.25, -0.2) is 4.79 Å². The number of methoxy groups -OCH3 is 1. The molecule has 4 aromatic carbocycles. The Kier molecular flexibility index (Phi) is 11.9. The highest BCUT2D eigenvalue weighted by Crippen LogP contribution is 2.22. The van der Waals surface area contributed by atoms with Crippen molar-refractivity contribution in [2.75, 3.05) is 30.5 Å². The molecular formula is C37H38N2O5. The molecule has 0 aromatic heterocycles. The van der Waals surface area contributed by atoms with Crippen LogP contribution in [0.5, 0.6) is 5.75 Å². The predicted octanol–water partition coefficient (Wildman–Crippen LogP) is 6.88. The number of benzene rings is 4. The third-order valence-electron chi connectivity index (χ3n) is 7.11. The fourth-order valence-corrected chi connectivity index (χ4v) is 4.81. The lowest BCUT2D eigenvalue weighted by molar-refractivity contribution is -0.141. The second-order valence-corrected chi connectivity index (χ2v) is 10.2. The topological polar surface area (TPSA) is 84.9 Å². The fourth-order valence-electron chi connectivity index (χ4n) is 4.81. The summed E-state index contributed by atoms with van der Waals surface area (Å²) in [5, 5.41) is 3.24. The average Bonchev–Trinajstić information content (AvgIpc) is 3.08. The van der Waals surface area contributed by atoms with E-state index in [1.54, 1.807) is 41.3 Å². The minimum absolute atomic E-state index is 0.0567. The number of ether oxygens (including phenoxy) is 2. The van der Waals surface area contributed by atoms with Crippen LogP contribution in [0.15, 0.2) is 122 Å². The first kappa shape index (κ1) is 31.8. The summed E-state index contributed by atoms with van der Waals surface area (Å²) in [5.74, 6) is 0.186. The molecule has 0 saturated carbocycles. The molecule has 7 heteroatoms. The first-order valence-electron chi connectivity index (χ1n) is 14.7. The Balaban J connectivity index is 1.36. The van der Waals surface area contributed by atoms with Crippen molar-refractivity contribution in [2.45, 2.75) is 31.7 Å². The van der Waals surface area contributed by atoms with Crippen molar-refractivity contribution in [1.29, 1.82) is 0 Å². The van der Waals surface area contributed by atoms with Crippen molar-refractivity contribution >= 4 is 29.0 Å². The van der Waals surface area contributed by atoms with Gasteiger partial charge in [0, 0.05) is 41.9 Å². The number of carbonyl (C=O) groups excluding carboxylic acids is 3. The number of allylic oxidation sites excluding steroid dienone is 1. The molecule has 0 spiro atoms. The van der Waals surface area contributed by atoms with Crippen LogP contribution in [0, 0.1) is 0 Å². The Bertz CT molecular complexity index is 1520. The van der Waals surface area contributed by atoms with E-state index in [9.17, 15) is 14.4 Å². The molecule has 1 N–H and O–H groups in total. The van der Waals surface area contributed by atoms with Crippen molar-refractivity contribution in [2.24, 2.45) is 0 Å². The summed E-state index contributed by atoms with van der Waals surface area (Å²) in [5.41, 5.74) is 3.37. The van der Waals surface area contributed by atoms with Crippen LogP contribution < -0.4 is 15.0 Å². The number of ketones is 1. The minimum Gasteiger partial charge on any atom is -0.494 e. The Morgan fingerprint density at radius 3 is 2.20 bits per heavy atom. The lowest BCUT2D eigenvalue weighted by Crippen LogP contribution is -2.33. The summed E-state index contributed by atoms with van der Waals surface area (Å²) >= 11 is 0. The number of esters is 1. The molecule has 226 valence electrons. The van der Waals surface area contributed by atoms with Crippen molar-refractivity contribution in [3.8, 4) is 5.75 Å². The fraction of sp³-hybridized carbons (Fsp3) is 0.216. The molecule has 0 aliphatic carbocycles. The molecule has 0 heterocycles. The average molecular weight is 591 g/mol. The number of rotatable bonds is 16.